The van der Waals surface area contributed by atoms with E-state index in [-0.39, 0.29) is 17.8 Å². The molecule has 0 amide bonds. The van der Waals surface area contributed by atoms with Gasteiger partial charge in [-0.25, -0.2) is 4.39 Å². The first-order valence-corrected chi connectivity index (χ1v) is 8.98. The van der Waals surface area contributed by atoms with Crippen LogP contribution in [0.5, 0.6) is 0 Å². The van der Waals surface area contributed by atoms with Crippen LogP contribution in [0.4, 0.5) is 17.6 Å². The Labute approximate surface area is 150 Å². The van der Waals surface area contributed by atoms with Gasteiger partial charge in [0.2, 0.25) is 0 Å². The van der Waals surface area contributed by atoms with Crippen LogP contribution in [0.3, 0.4) is 0 Å². The molecule has 1 aliphatic carbocycles. The van der Waals surface area contributed by atoms with Crippen molar-refractivity contribution in [3.8, 4) is 0 Å². The van der Waals surface area contributed by atoms with E-state index in [0.29, 0.717) is 17.9 Å². The quantitative estimate of drug-likeness (QED) is 0.675. The molecule has 1 saturated heterocycles. The number of hydrogen-bond donors (Lipinski definition) is 0. The number of halogens is 4. The lowest BCUT2D eigenvalue weighted by atomic mass is 9.72. The summed E-state index contributed by atoms with van der Waals surface area (Å²) in [6.07, 6.45) is -2.26. The Balaban J connectivity index is 1.63. The number of benzene rings is 2. The zero-order valence-corrected chi connectivity index (χ0v) is 14.6. The van der Waals surface area contributed by atoms with Gasteiger partial charge < -0.3 is 4.90 Å². The Bertz CT molecular complexity index is 797. The van der Waals surface area contributed by atoms with Gasteiger partial charge in [-0.05, 0) is 67.1 Å². The summed E-state index contributed by atoms with van der Waals surface area (Å²) >= 11 is 0. The van der Waals surface area contributed by atoms with Crippen molar-refractivity contribution >= 4 is 0 Å². The van der Waals surface area contributed by atoms with Crippen LogP contribution in [-0.4, -0.2) is 24.5 Å². The lowest BCUT2D eigenvalue weighted by Crippen LogP contribution is -2.33. The Hall–Kier alpha value is -1.88. The van der Waals surface area contributed by atoms with Crippen LogP contribution in [0.1, 0.15) is 34.6 Å². The fourth-order valence-corrected chi connectivity index (χ4v) is 4.88. The van der Waals surface area contributed by atoms with Crippen LogP contribution >= 0.6 is 0 Å². The van der Waals surface area contributed by atoms with Crippen LogP contribution in [0.2, 0.25) is 0 Å². The van der Waals surface area contributed by atoms with Crippen molar-refractivity contribution in [2.45, 2.75) is 37.4 Å². The second kappa shape index (κ2) is 6.38. The van der Waals surface area contributed by atoms with Crippen molar-refractivity contribution in [2.75, 3.05) is 13.6 Å². The van der Waals surface area contributed by atoms with E-state index in [1.54, 1.807) is 12.1 Å². The molecule has 1 aliphatic heterocycles. The molecule has 2 aliphatic rings. The summed E-state index contributed by atoms with van der Waals surface area (Å²) in [5, 5.41) is 0. The zero-order chi connectivity index (χ0) is 18.5. The number of likely N-dealkylation sites (N-methyl/N-ethyl adjacent to an activating group) is 1. The van der Waals surface area contributed by atoms with E-state index in [9.17, 15) is 17.6 Å². The summed E-state index contributed by atoms with van der Waals surface area (Å²) in [4.78, 5) is 2.26. The average Bonchev–Trinajstić information content (AvgIpc) is 2.91. The molecule has 0 radical (unpaired) electrons. The van der Waals surface area contributed by atoms with Crippen LogP contribution in [0.15, 0.2) is 42.5 Å². The van der Waals surface area contributed by atoms with Gasteiger partial charge >= 0.3 is 6.18 Å². The van der Waals surface area contributed by atoms with E-state index in [2.05, 4.69) is 4.90 Å². The third kappa shape index (κ3) is 3.02. The molecular formula is C21H21F4N. The molecule has 138 valence electrons. The number of alkyl halides is 3. The molecule has 0 spiro atoms. The van der Waals surface area contributed by atoms with Gasteiger partial charge in [-0.2, -0.15) is 13.2 Å². The molecule has 0 bridgehead atoms. The van der Waals surface area contributed by atoms with Gasteiger partial charge in [0.25, 0.3) is 0 Å². The molecule has 2 aromatic carbocycles. The van der Waals surface area contributed by atoms with Crippen LogP contribution in [0, 0.1) is 11.7 Å². The number of hydrogen-bond acceptors (Lipinski definition) is 1. The highest BCUT2D eigenvalue weighted by atomic mass is 19.4. The maximum absolute atomic E-state index is 13.4. The highest BCUT2D eigenvalue weighted by Crippen LogP contribution is 2.48. The molecule has 0 N–H and O–H groups in total. The molecule has 4 rings (SSSR count). The standard InChI is InChI=1S/C21H21F4N/c1-26-12-18-15-3-2-4-19(21(23,24)25)16(15)9-10-17(18)20(26)11-13-5-7-14(22)8-6-13/h2-8,17-18,20H,9-12H2,1H3/t17?,18-,20-/m1/s1. The first kappa shape index (κ1) is 17.5. The minimum Gasteiger partial charge on any atom is -0.302 e. The topological polar surface area (TPSA) is 3.24 Å². The van der Waals surface area contributed by atoms with Gasteiger partial charge in [-0.15, -0.1) is 0 Å². The Kier molecular flexibility index (Phi) is 4.30. The zero-order valence-electron chi connectivity index (χ0n) is 14.6. The third-order valence-corrected chi connectivity index (χ3v) is 6.06. The van der Waals surface area contributed by atoms with Crippen molar-refractivity contribution in [3.05, 3.63) is 70.5 Å². The van der Waals surface area contributed by atoms with Gasteiger partial charge in [0.1, 0.15) is 5.82 Å². The first-order valence-electron chi connectivity index (χ1n) is 8.98. The van der Waals surface area contributed by atoms with Crippen LogP contribution in [-0.2, 0) is 19.0 Å². The van der Waals surface area contributed by atoms with Crippen molar-refractivity contribution in [2.24, 2.45) is 5.92 Å². The highest BCUT2D eigenvalue weighted by molar-refractivity contribution is 5.43. The van der Waals surface area contributed by atoms with E-state index in [4.69, 9.17) is 0 Å². The van der Waals surface area contributed by atoms with Crippen molar-refractivity contribution in [3.63, 3.8) is 0 Å². The maximum atomic E-state index is 13.4. The maximum Gasteiger partial charge on any atom is 0.416 e. The number of likely N-dealkylation sites (tertiary alicyclic amines) is 1. The van der Waals surface area contributed by atoms with E-state index >= 15 is 0 Å². The number of nitrogens with zero attached hydrogens (tertiary/aromatic N) is 1. The van der Waals surface area contributed by atoms with Crippen molar-refractivity contribution < 1.29 is 17.6 Å². The Morgan fingerprint density at radius 2 is 1.81 bits per heavy atom. The molecule has 1 fully saturated rings. The summed E-state index contributed by atoms with van der Waals surface area (Å²) in [7, 11) is 2.04. The largest absolute Gasteiger partial charge is 0.416 e. The molecule has 1 heterocycles. The lowest BCUT2D eigenvalue weighted by molar-refractivity contribution is -0.138. The predicted octanol–water partition coefficient (Wildman–Crippen LogP) is 5.05. The monoisotopic (exact) mass is 363 g/mol. The van der Waals surface area contributed by atoms with Crippen molar-refractivity contribution in [1.29, 1.82) is 0 Å². The summed E-state index contributed by atoms with van der Waals surface area (Å²) in [5.41, 5.74) is 1.94. The van der Waals surface area contributed by atoms with Gasteiger partial charge in [0.05, 0.1) is 5.56 Å². The molecule has 1 unspecified atom stereocenters. The van der Waals surface area contributed by atoms with Gasteiger partial charge in [-0.1, -0.05) is 24.3 Å². The summed E-state index contributed by atoms with van der Waals surface area (Å²) in [6, 6.07) is 11.4. The van der Waals surface area contributed by atoms with E-state index < -0.39 is 11.7 Å². The molecule has 1 nitrogen and oxygen atoms in total. The molecule has 26 heavy (non-hydrogen) atoms. The summed E-state index contributed by atoms with van der Waals surface area (Å²) in [5.74, 6) is 0.218. The Morgan fingerprint density at radius 1 is 1.08 bits per heavy atom. The summed E-state index contributed by atoms with van der Waals surface area (Å²) < 4.78 is 53.2. The molecule has 5 heteroatoms. The highest BCUT2D eigenvalue weighted by Gasteiger charge is 2.45. The molecule has 0 saturated carbocycles. The minimum absolute atomic E-state index is 0.136. The molecule has 3 atom stereocenters. The fourth-order valence-electron chi connectivity index (χ4n) is 4.88. The first-order chi connectivity index (χ1) is 12.3. The van der Waals surface area contributed by atoms with Crippen LogP contribution < -0.4 is 0 Å². The van der Waals surface area contributed by atoms with Gasteiger partial charge in [0.15, 0.2) is 0 Å². The number of fused-ring (bicyclic) bond motifs is 3. The van der Waals surface area contributed by atoms with E-state index in [1.807, 2.05) is 13.1 Å². The van der Waals surface area contributed by atoms with Crippen molar-refractivity contribution in [1.82, 2.24) is 4.90 Å². The second-order valence-corrected chi connectivity index (χ2v) is 7.52. The fraction of sp³-hybridized carbons (Fsp3) is 0.429. The molecule has 2 aromatic rings. The normalized spacial score (nSPS) is 25.8. The second-order valence-electron chi connectivity index (χ2n) is 7.52. The minimum atomic E-state index is -4.30. The number of rotatable bonds is 2. The predicted molar refractivity (Wildman–Crippen MR) is 92.5 cm³/mol. The summed E-state index contributed by atoms with van der Waals surface area (Å²) in [6.45, 7) is 0.769. The van der Waals surface area contributed by atoms with Crippen LogP contribution in [0.25, 0.3) is 0 Å². The molecule has 0 aromatic heterocycles. The average molecular weight is 363 g/mol. The van der Waals surface area contributed by atoms with Gasteiger partial charge in [-0.3, -0.25) is 0 Å². The van der Waals surface area contributed by atoms with Gasteiger partial charge in [0, 0.05) is 18.5 Å². The molecular weight excluding hydrogens is 342 g/mol. The lowest BCUT2D eigenvalue weighted by Gasteiger charge is -2.33. The SMILES string of the molecule is CN1C[C@@H]2c3cccc(C(F)(F)F)c3CCC2[C@H]1Cc1ccc(F)cc1. The van der Waals surface area contributed by atoms with E-state index in [1.165, 1.54) is 24.3 Å². The smallest absolute Gasteiger partial charge is 0.302 e. The third-order valence-electron chi connectivity index (χ3n) is 6.06. The van der Waals surface area contributed by atoms with E-state index in [0.717, 1.165) is 30.5 Å². The Morgan fingerprint density at radius 3 is 2.50 bits per heavy atom.